The largest absolute Gasteiger partial charge is 0.463 e. The molecule has 1 unspecified atom stereocenters. The number of carbonyl (C=O) groups excluding carboxylic acids is 1. The minimum atomic E-state index is -5.89. The second-order valence-electron chi connectivity index (χ2n) is 4.58. The van der Waals surface area contributed by atoms with E-state index >= 15 is 0 Å². The molecule has 0 aliphatic carbocycles. The SMILES string of the molecule is Cc1ccccc1CC(C)NC(=O)C(F)(F)C(F)(F)F. The van der Waals surface area contributed by atoms with E-state index in [2.05, 4.69) is 0 Å². The zero-order chi connectivity index (χ0) is 15.6. The maximum absolute atomic E-state index is 12.8. The molecule has 1 N–H and O–H groups in total. The molecule has 1 atom stereocenters. The van der Waals surface area contributed by atoms with Gasteiger partial charge in [-0.25, -0.2) is 0 Å². The van der Waals surface area contributed by atoms with E-state index in [1.807, 2.05) is 0 Å². The van der Waals surface area contributed by atoms with Gasteiger partial charge in [0.05, 0.1) is 0 Å². The van der Waals surface area contributed by atoms with Gasteiger partial charge in [-0.05, 0) is 31.4 Å². The minimum absolute atomic E-state index is 0.173. The van der Waals surface area contributed by atoms with Crippen LogP contribution in [0.4, 0.5) is 22.0 Å². The van der Waals surface area contributed by atoms with Crippen molar-refractivity contribution in [2.75, 3.05) is 0 Å². The summed E-state index contributed by atoms with van der Waals surface area (Å²) in [6.07, 6.45) is -5.72. The number of halogens is 5. The van der Waals surface area contributed by atoms with Gasteiger partial charge in [0.2, 0.25) is 0 Å². The Hall–Kier alpha value is -1.66. The van der Waals surface area contributed by atoms with E-state index in [9.17, 15) is 26.7 Å². The molecule has 0 aliphatic rings. The van der Waals surface area contributed by atoms with E-state index in [4.69, 9.17) is 0 Å². The molecule has 0 bridgehead atoms. The molecule has 20 heavy (non-hydrogen) atoms. The van der Waals surface area contributed by atoms with Crippen molar-refractivity contribution in [3.05, 3.63) is 35.4 Å². The van der Waals surface area contributed by atoms with E-state index in [1.165, 1.54) is 6.92 Å². The number of amides is 1. The Labute approximate surface area is 113 Å². The molecule has 0 radical (unpaired) electrons. The van der Waals surface area contributed by atoms with Crippen LogP contribution in [-0.2, 0) is 11.2 Å². The quantitative estimate of drug-likeness (QED) is 0.849. The fraction of sp³-hybridized carbons (Fsp3) is 0.462. The molecule has 1 rings (SSSR count). The lowest BCUT2D eigenvalue weighted by Crippen LogP contribution is -2.52. The highest BCUT2D eigenvalue weighted by molar-refractivity contribution is 5.84. The summed E-state index contributed by atoms with van der Waals surface area (Å²) < 4.78 is 61.6. The number of aryl methyl sites for hydroxylation is 1. The zero-order valence-corrected chi connectivity index (χ0v) is 10.9. The van der Waals surface area contributed by atoms with Crippen LogP contribution in [0.3, 0.4) is 0 Å². The smallest absolute Gasteiger partial charge is 0.348 e. The molecule has 1 aromatic rings. The molecule has 0 spiro atoms. The van der Waals surface area contributed by atoms with Crippen molar-refractivity contribution in [2.45, 2.75) is 38.4 Å². The molecule has 0 fully saturated rings. The first-order valence-electron chi connectivity index (χ1n) is 5.85. The standard InChI is InChI=1S/C13H14F5NO/c1-8-5-3-4-6-10(8)7-9(2)19-11(20)12(14,15)13(16,17)18/h3-6,9H,7H2,1-2H3,(H,19,20). The van der Waals surface area contributed by atoms with Crippen LogP contribution in [0.1, 0.15) is 18.1 Å². The Morgan fingerprint density at radius 1 is 1.20 bits per heavy atom. The van der Waals surface area contributed by atoms with Gasteiger partial charge in [0.25, 0.3) is 0 Å². The molecule has 1 aromatic carbocycles. The van der Waals surface area contributed by atoms with E-state index in [0.29, 0.717) is 0 Å². The third-order valence-electron chi connectivity index (χ3n) is 2.81. The zero-order valence-electron chi connectivity index (χ0n) is 10.9. The third kappa shape index (κ3) is 3.68. The Bertz CT molecular complexity index is 484. The molecule has 112 valence electrons. The van der Waals surface area contributed by atoms with Gasteiger partial charge in [-0.3, -0.25) is 4.79 Å². The van der Waals surface area contributed by atoms with Crippen molar-refractivity contribution in [3.63, 3.8) is 0 Å². The molecule has 0 aromatic heterocycles. The van der Waals surface area contributed by atoms with Crippen molar-refractivity contribution in [2.24, 2.45) is 0 Å². The van der Waals surface area contributed by atoms with Crippen LogP contribution < -0.4 is 5.32 Å². The van der Waals surface area contributed by atoms with E-state index < -0.39 is 24.0 Å². The lowest BCUT2D eigenvalue weighted by Gasteiger charge is -2.22. The number of carbonyl (C=O) groups is 1. The normalized spacial score (nSPS) is 13.9. The van der Waals surface area contributed by atoms with Crippen LogP contribution in [0.2, 0.25) is 0 Å². The molecular formula is C13H14F5NO. The number of nitrogens with one attached hydrogen (secondary N) is 1. The fourth-order valence-electron chi connectivity index (χ4n) is 1.66. The minimum Gasteiger partial charge on any atom is -0.348 e. The van der Waals surface area contributed by atoms with Gasteiger partial charge in [0, 0.05) is 6.04 Å². The van der Waals surface area contributed by atoms with E-state index in [-0.39, 0.29) is 6.42 Å². The molecular weight excluding hydrogens is 281 g/mol. The van der Waals surface area contributed by atoms with Crippen LogP contribution in [-0.4, -0.2) is 24.0 Å². The maximum Gasteiger partial charge on any atom is 0.463 e. The highest BCUT2D eigenvalue weighted by Gasteiger charge is 2.63. The van der Waals surface area contributed by atoms with Crippen LogP contribution in [0, 0.1) is 6.92 Å². The summed E-state index contributed by atoms with van der Waals surface area (Å²) in [7, 11) is 0. The van der Waals surface area contributed by atoms with Crippen LogP contribution in [0.5, 0.6) is 0 Å². The maximum atomic E-state index is 12.8. The fourth-order valence-corrected chi connectivity index (χ4v) is 1.66. The molecule has 0 saturated carbocycles. The first-order valence-corrected chi connectivity index (χ1v) is 5.85. The monoisotopic (exact) mass is 295 g/mol. The van der Waals surface area contributed by atoms with Crippen LogP contribution in [0.15, 0.2) is 24.3 Å². The van der Waals surface area contributed by atoms with Crippen molar-refractivity contribution in [3.8, 4) is 0 Å². The summed E-state index contributed by atoms with van der Waals surface area (Å²) in [5.41, 5.74) is 1.65. The predicted octanol–water partition coefficient (Wildman–Crippen LogP) is 3.24. The average Bonchev–Trinajstić information content (AvgIpc) is 2.30. The number of benzene rings is 1. The molecule has 0 heterocycles. The molecule has 1 amide bonds. The number of rotatable bonds is 4. The Morgan fingerprint density at radius 3 is 2.25 bits per heavy atom. The Balaban J connectivity index is 2.70. The van der Waals surface area contributed by atoms with Gasteiger partial charge >= 0.3 is 18.0 Å². The van der Waals surface area contributed by atoms with E-state index in [1.54, 1.807) is 36.5 Å². The predicted molar refractivity (Wildman–Crippen MR) is 63.5 cm³/mol. The van der Waals surface area contributed by atoms with Gasteiger partial charge < -0.3 is 5.32 Å². The molecule has 7 heteroatoms. The molecule has 0 aliphatic heterocycles. The van der Waals surface area contributed by atoms with Crippen molar-refractivity contribution < 1.29 is 26.7 Å². The summed E-state index contributed by atoms with van der Waals surface area (Å²) in [4.78, 5) is 11.0. The van der Waals surface area contributed by atoms with Gasteiger partial charge in [-0.1, -0.05) is 24.3 Å². The topological polar surface area (TPSA) is 29.1 Å². The lowest BCUT2D eigenvalue weighted by atomic mass is 10.0. The first-order chi connectivity index (χ1) is 9.05. The van der Waals surface area contributed by atoms with E-state index in [0.717, 1.165) is 11.1 Å². The average molecular weight is 295 g/mol. The molecule has 0 saturated heterocycles. The number of hydrogen-bond acceptors (Lipinski definition) is 1. The Kier molecular flexibility index (Phi) is 4.73. The van der Waals surface area contributed by atoms with Gasteiger partial charge in [-0.15, -0.1) is 0 Å². The van der Waals surface area contributed by atoms with Gasteiger partial charge in [0.15, 0.2) is 0 Å². The van der Waals surface area contributed by atoms with Crippen molar-refractivity contribution in [1.82, 2.24) is 5.32 Å². The van der Waals surface area contributed by atoms with Gasteiger partial charge in [-0.2, -0.15) is 22.0 Å². The van der Waals surface area contributed by atoms with Crippen molar-refractivity contribution in [1.29, 1.82) is 0 Å². The summed E-state index contributed by atoms with van der Waals surface area (Å²) >= 11 is 0. The number of hydrogen-bond donors (Lipinski definition) is 1. The molecule has 2 nitrogen and oxygen atoms in total. The summed E-state index contributed by atoms with van der Waals surface area (Å²) in [5.74, 6) is -7.71. The lowest BCUT2D eigenvalue weighted by molar-refractivity contribution is -0.270. The summed E-state index contributed by atoms with van der Waals surface area (Å²) in [5, 5.41) is 1.69. The number of alkyl halides is 5. The first kappa shape index (κ1) is 16.4. The summed E-state index contributed by atoms with van der Waals surface area (Å²) in [6, 6.07) is 6.17. The highest BCUT2D eigenvalue weighted by Crippen LogP contribution is 2.35. The third-order valence-corrected chi connectivity index (χ3v) is 2.81. The van der Waals surface area contributed by atoms with Gasteiger partial charge in [0.1, 0.15) is 0 Å². The highest BCUT2D eigenvalue weighted by atomic mass is 19.4. The van der Waals surface area contributed by atoms with Crippen molar-refractivity contribution >= 4 is 5.91 Å². The second-order valence-corrected chi connectivity index (χ2v) is 4.58. The van der Waals surface area contributed by atoms with Crippen LogP contribution >= 0.6 is 0 Å². The van der Waals surface area contributed by atoms with Crippen LogP contribution in [0.25, 0.3) is 0 Å². The summed E-state index contributed by atoms with van der Waals surface area (Å²) in [6.45, 7) is 3.16. The Morgan fingerprint density at radius 2 is 1.75 bits per heavy atom. The second kappa shape index (κ2) is 5.76.